The summed E-state index contributed by atoms with van der Waals surface area (Å²) in [6, 6.07) is 2.19. The van der Waals surface area contributed by atoms with E-state index in [1.165, 1.54) is 4.90 Å². The van der Waals surface area contributed by atoms with Gasteiger partial charge in [-0.1, -0.05) is 0 Å². The van der Waals surface area contributed by atoms with E-state index in [1.54, 1.807) is 4.90 Å². The molecule has 0 unspecified atom stereocenters. The molecule has 0 spiro atoms. The van der Waals surface area contributed by atoms with Crippen LogP contribution in [0.5, 0.6) is 0 Å². The molecule has 1 aliphatic heterocycles. The van der Waals surface area contributed by atoms with Gasteiger partial charge >= 0.3 is 6.18 Å². The van der Waals surface area contributed by atoms with Gasteiger partial charge in [0, 0.05) is 6.07 Å². The number of nitrogens with one attached hydrogen (secondary N) is 2. The first-order valence-electron chi connectivity index (χ1n) is 7.37. The summed E-state index contributed by atoms with van der Waals surface area (Å²) in [7, 11) is 2.02. The Kier molecular flexibility index (Phi) is 5.27. The molecule has 1 saturated heterocycles. The van der Waals surface area contributed by atoms with Crippen LogP contribution in [0.2, 0.25) is 0 Å². The fraction of sp³-hybridized carbons (Fsp3) is 0.500. The molecule has 1 fully saturated rings. The van der Waals surface area contributed by atoms with Crippen LogP contribution in [-0.4, -0.2) is 55.5 Å². The molecule has 2 rings (SSSR count). The smallest absolute Gasteiger partial charge is 0.371 e. The second kappa shape index (κ2) is 7.04. The zero-order valence-electron chi connectivity index (χ0n) is 13.0. The quantitative estimate of drug-likeness (QED) is 0.610. The van der Waals surface area contributed by atoms with Crippen LogP contribution < -0.4 is 10.2 Å². The van der Waals surface area contributed by atoms with Crippen LogP contribution in [-0.2, 0) is 11.0 Å². The topological polar surface area (TPSA) is 79.9 Å². The third kappa shape index (κ3) is 4.34. The maximum Gasteiger partial charge on any atom is 0.416 e. The minimum absolute atomic E-state index is 0.110. The Balaban J connectivity index is 2.06. The fourth-order valence-electron chi connectivity index (χ4n) is 2.43. The van der Waals surface area contributed by atoms with Crippen molar-refractivity contribution in [1.29, 1.82) is 0 Å². The number of carbonyl (C=O) groups is 1. The molecule has 0 aromatic heterocycles. The van der Waals surface area contributed by atoms with Crippen LogP contribution in [0.25, 0.3) is 0 Å². The predicted molar refractivity (Wildman–Crippen MR) is 79.8 cm³/mol. The molecule has 1 aromatic carbocycles. The van der Waals surface area contributed by atoms with Crippen molar-refractivity contribution in [3.05, 3.63) is 33.9 Å². The molecule has 1 heterocycles. The van der Waals surface area contributed by atoms with E-state index in [-0.39, 0.29) is 18.1 Å². The largest absolute Gasteiger partial charge is 0.416 e. The summed E-state index contributed by atoms with van der Waals surface area (Å²) in [5.74, 6) is -0.239. The number of quaternary nitrogens is 1. The van der Waals surface area contributed by atoms with Gasteiger partial charge in [-0.05, 0) is 12.1 Å². The maximum absolute atomic E-state index is 12.6. The molecule has 0 atom stereocenters. The van der Waals surface area contributed by atoms with Crippen molar-refractivity contribution in [3.8, 4) is 0 Å². The van der Waals surface area contributed by atoms with Crippen molar-refractivity contribution in [2.75, 3.05) is 45.1 Å². The average molecular weight is 347 g/mol. The number of hydrogen-bond donors (Lipinski definition) is 2. The van der Waals surface area contributed by atoms with Crippen molar-refractivity contribution in [2.45, 2.75) is 6.18 Å². The van der Waals surface area contributed by atoms with Crippen molar-refractivity contribution in [1.82, 2.24) is 4.90 Å². The molecular formula is C14H18F3N4O3+. The molecular weight excluding hydrogens is 329 g/mol. The number of nitrogens with zero attached hydrogens (tertiary/aromatic N) is 2. The highest BCUT2D eigenvalue weighted by Crippen LogP contribution is 2.34. The van der Waals surface area contributed by atoms with E-state index in [4.69, 9.17) is 0 Å². The van der Waals surface area contributed by atoms with Gasteiger partial charge in [0.2, 0.25) is 5.91 Å². The van der Waals surface area contributed by atoms with Gasteiger partial charge in [0.25, 0.3) is 5.69 Å². The van der Waals surface area contributed by atoms with Gasteiger partial charge in [0.1, 0.15) is 5.69 Å². The molecule has 0 bridgehead atoms. The summed E-state index contributed by atoms with van der Waals surface area (Å²) in [6.07, 6.45) is -4.67. The first kappa shape index (κ1) is 18.0. The molecule has 1 amide bonds. The Morgan fingerprint density at radius 3 is 2.54 bits per heavy atom. The lowest BCUT2D eigenvalue weighted by Gasteiger charge is -2.30. The highest BCUT2D eigenvalue weighted by molar-refractivity contribution is 5.82. The zero-order chi connectivity index (χ0) is 17.9. The summed E-state index contributed by atoms with van der Waals surface area (Å²) in [5, 5.41) is 13.6. The van der Waals surface area contributed by atoms with Gasteiger partial charge in [-0.25, -0.2) is 0 Å². The van der Waals surface area contributed by atoms with E-state index in [2.05, 4.69) is 5.32 Å². The van der Waals surface area contributed by atoms with Crippen LogP contribution in [0, 0.1) is 10.1 Å². The second-order valence-corrected chi connectivity index (χ2v) is 5.68. The summed E-state index contributed by atoms with van der Waals surface area (Å²) in [4.78, 5) is 25.1. The number of anilines is 1. The molecule has 10 heteroatoms. The number of alkyl halides is 3. The van der Waals surface area contributed by atoms with E-state index in [1.807, 2.05) is 7.05 Å². The second-order valence-electron chi connectivity index (χ2n) is 5.68. The lowest BCUT2D eigenvalue weighted by Crippen LogP contribution is -3.12. The highest BCUT2D eigenvalue weighted by Gasteiger charge is 2.33. The fourth-order valence-corrected chi connectivity index (χ4v) is 2.43. The van der Waals surface area contributed by atoms with Crippen LogP contribution in [0.15, 0.2) is 18.2 Å². The molecule has 24 heavy (non-hydrogen) atoms. The van der Waals surface area contributed by atoms with Gasteiger partial charge in [-0.3, -0.25) is 14.9 Å². The summed E-state index contributed by atoms with van der Waals surface area (Å²) < 4.78 is 37.9. The number of nitro groups is 1. The van der Waals surface area contributed by atoms with Crippen molar-refractivity contribution < 1.29 is 27.8 Å². The third-order valence-electron chi connectivity index (χ3n) is 3.92. The summed E-state index contributed by atoms with van der Waals surface area (Å²) in [5.41, 5.74) is -1.92. The Hall–Kier alpha value is -2.36. The highest BCUT2D eigenvalue weighted by atomic mass is 19.4. The molecule has 0 saturated carbocycles. The summed E-state index contributed by atoms with van der Waals surface area (Å²) in [6.45, 7) is 2.59. The van der Waals surface area contributed by atoms with Gasteiger partial charge < -0.3 is 15.1 Å². The molecule has 1 aliphatic rings. The van der Waals surface area contributed by atoms with Gasteiger partial charge in [-0.15, -0.1) is 0 Å². The minimum atomic E-state index is -4.67. The van der Waals surface area contributed by atoms with E-state index in [0.717, 1.165) is 25.2 Å². The van der Waals surface area contributed by atoms with Crippen molar-refractivity contribution in [3.63, 3.8) is 0 Å². The molecule has 2 N–H and O–H groups in total. The zero-order valence-corrected chi connectivity index (χ0v) is 13.0. The van der Waals surface area contributed by atoms with Crippen LogP contribution in [0.4, 0.5) is 24.5 Å². The Bertz CT molecular complexity index is 628. The minimum Gasteiger partial charge on any atom is -0.371 e. The Labute approximate surface area is 136 Å². The van der Waals surface area contributed by atoms with Crippen LogP contribution in [0.1, 0.15) is 5.56 Å². The van der Waals surface area contributed by atoms with Gasteiger partial charge in [0.15, 0.2) is 0 Å². The molecule has 7 nitrogen and oxygen atoms in total. The number of rotatable bonds is 4. The molecule has 0 radical (unpaired) electrons. The summed E-state index contributed by atoms with van der Waals surface area (Å²) >= 11 is 0. The molecule has 0 aliphatic carbocycles. The van der Waals surface area contributed by atoms with E-state index < -0.39 is 22.4 Å². The monoisotopic (exact) mass is 347 g/mol. The number of nitro benzene ring substituents is 1. The Morgan fingerprint density at radius 2 is 2.00 bits per heavy atom. The van der Waals surface area contributed by atoms with Gasteiger partial charge in [0.05, 0.1) is 50.3 Å². The average Bonchev–Trinajstić information content (AvgIpc) is 2.52. The lowest BCUT2D eigenvalue weighted by molar-refractivity contribution is -0.883. The standard InChI is InChI=1S/C14H17F3N4O3/c1-19-4-6-20(7-5-19)13(22)9-18-11-3-2-10(14(15,16)17)8-12(11)21(23)24/h2-3,8,18H,4-7,9H2,1H3/p+1. The number of halogens is 3. The van der Waals surface area contributed by atoms with Crippen LogP contribution in [0.3, 0.4) is 0 Å². The van der Waals surface area contributed by atoms with E-state index >= 15 is 0 Å². The SMILES string of the molecule is C[NH+]1CCN(C(=O)CNc2ccc(C(F)(F)F)cc2[N+](=O)[O-])CC1. The third-order valence-corrected chi connectivity index (χ3v) is 3.92. The first-order valence-corrected chi connectivity index (χ1v) is 7.37. The number of piperazine rings is 1. The number of carbonyl (C=O) groups excluding carboxylic acids is 1. The Morgan fingerprint density at radius 1 is 1.38 bits per heavy atom. The van der Waals surface area contributed by atoms with E-state index in [9.17, 15) is 28.1 Å². The lowest BCUT2D eigenvalue weighted by atomic mass is 10.1. The van der Waals surface area contributed by atoms with Gasteiger partial charge in [-0.2, -0.15) is 13.2 Å². The number of hydrogen-bond acceptors (Lipinski definition) is 4. The first-order chi connectivity index (χ1) is 11.2. The van der Waals surface area contributed by atoms with Crippen molar-refractivity contribution >= 4 is 17.3 Å². The van der Waals surface area contributed by atoms with Crippen LogP contribution >= 0.6 is 0 Å². The number of amides is 1. The molecule has 1 aromatic rings. The molecule has 132 valence electrons. The van der Waals surface area contributed by atoms with Crippen molar-refractivity contribution in [2.24, 2.45) is 0 Å². The number of benzene rings is 1. The predicted octanol–water partition coefficient (Wildman–Crippen LogP) is 0.382. The number of likely N-dealkylation sites (N-methyl/N-ethyl adjacent to an activating group) is 1. The van der Waals surface area contributed by atoms with E-state index in [0.29, 0.717) is 19.2 Å². The maximum atomic E-state index is 12.6. The normalized spacial score (nSPS) is 16.1.